The molecule has 0 N–H and O–H groups in total. The number of nitrogens with zero attached hydrogens (tertiary/aromatic N) is 3. The fraction of sp³-hybridized carbons (Fsp3) is 0.368. The average molecular weight is 323 g/mol. The van der Waals surface area contributed by atoms with Gasteiger partial charge in [-0.1, -0.05) is 12.1 Å². The molecule has 1 aromatic carbocycles. The van der Waals surface area contributed by atoms with Crippen LogP contribution in [-0.4, -0.2) is 21.0 Å². The number of benzene rings is 1. The van der Waals surface area contributed by atoms with Gasteiger partial charge in [0, 0.05) is 7.05 Å². The van der Waals surface area contributed by atoms with Gasteiger partial charge in [-0.15, -0.1) is 0 Å². The Labute approximate surface area is 140 Å². The Bertz CT molecular complexity index is 941. The Morgan fingerprint density at radius 3 is 2.88 bits per heavy atom. The minimum atomic E-state index is 0.0141. The van der Waals surface area contributed by atoms with Gasteiger partial charge in [0.1, 0.15) is 17.3 Å². The number of rotatable bonds is 3. The largest absolute Gasteiger partial charge is 0.465 e. The van der Waals surface area contributed by atoms with E-state index in [-0.39, 0.29) is 11.6 Å². The second-order valence-electron chi connectivity index (χ2n) is 6.49. The average Bonchev–Trinajstić information content (AvgIpc) is 3.21. The van der Waals surface area contributed by atoms with Crippen molar-refractivity contribution in [2.24, 2.45) is 7.05 Å². The van der Waals surface area contributed by atoms with Crippen molar-refractivity contribution in [1.29, 1.82) is 0 Å². The Morgan fingerprint density at radius 2 is 2.08 bits per heavy atom. The molecule has 3 heterocycles. The SMILES string of the molecule is Cc1ccc([C@H]2CCCN2Cc2nc3ccccc3c(=O)n2C)o1. The molecule has 0 saturated carbocycles. The van der Waals surface area contributed by atoms with E-state index in [0.29, 0.717) is 11.9 Å². The van der Waals surface area contributed by atoms with Gasteiger partial charge in [-0.05, 0) is 50.6 Å². The molecule has 124 valence electrons. The number of para-hydroxylation sites is 1. The highest BCUT2D eigenvalue weighted by Gasteiger charge is 2.29. The molecule has 24 heavy (non-hydrogen) atoms. The van der Waals surface area contributed by atoms with Crippen molar-refractivity contribution in [2.45, 2.75) is 32.4 Å². The number of aromatic nitrogens is 2. The number of hydrogen-bond acceptors (Lipinski definition) is 4. The zero-order valence-electron chi connectivity index (χ0n) is 14.0. The van der Waals surface area contributed by atoms with Gasteiger partial charge < -0.3 is 4.42 Å². The normalized spacial score (nSPS) is 18.5. The van der Waals surface area contributed by atoms with E-state index >= 15 is 0 Å². The lowest BCUT2D eigenvalue weighted by atomic mass is 10.1. The summed E-state index contributed by atoms with van der Waals surface area (Å²) >= 11 is 0. The molecule has 1 aliphatic rings. The lowest BCUT2D eigenvalue weighted by Gasteiger charge is -2.23. The van der Waals surface area contributed by atoms with Gasteiger partial charge in [0.25, 0.3) is 5.56 Å². The van der Waals surface area contributed by atoms with Crippen molar-refractivity contribution >= 4 is 10.9 Å². The maximum absolute atomic E-state index is 12.6. The number of hydrogen-bond donors (Lipinski definition) is 0. The quantitative estimate of drug-likeness (QED) is 0.743. The third-order valence-electron chi connectivity index (χ3n) is 4.87. The molecule has 0 aliphatic carbocycles. The summed E-state index contributed by atoms with van der Waals surface area (Å²) in [6, 6.07) is 11.9. The number of fused-ring (bicyclic) bond motifs is 1. The van der Waals surface area contributed by atoms with Crippen molar-refractivity contribution in [3.63, 3.8) is 0 Å². The predicted octanol–water partition coefficient (Wildman–Crippen LogP) is 3.17. The zero-order valence-corrected chi connectivity index (χ0v) is 14.0. The summed E-state index contributed by atoms with van der Waals surface area (Å²) in [7, 11) is 1.80. The van der Waals surface area contributed by atoms with Gasteiger partial charge in [-0.3, -0.25) is 14.3 Å². The molecule has 3 aromatic rings. The highest BCUT2D eigenvalue weighted by Crippen LogP contribution is 2.33. The zero-order chi connectivity index (χ0) is 16.7. The molecule has 1 fully saturated rings. The fourth-order valence-electron chi connectivity index (χ4n) is 3.56. The molecule has 0 bridgehead atoms. The van der Waals surface area contributed by atoms with E-state index in [1.54, 1.807) is 11.6 Å². The van der Waals surface area contributed by atoms with Crippen LogP contribution in [0.3, 0.4) is 0 Å². The Hall–Kier alpha value is -2.40. The first-order valence-corrected chi connectivity index (χ1v) is 8.38. The molecule has 0 amide bonds. The van der Waals surface area contributed by atoms with Gasteiger partial charge in [0.05, 0.1) is 23.5 Å². The Morgan fingerprint density at radius 1 is 1.25 bits per heavy atom. The van der Waals surface area contributed by atoms with Crippen LogP contribution in [0.1, 0.15) is 36.2 Å². The van der Waals surface area contributed by atoms with E-state index < -0.39 is 0 Å². The summed E-state index contributed by atoms with van der Waals surface area (Å²) in [5, 5.41) is 0.670. The highest BCUT2D eigenvalue weighted by molar-refractivity contribution is 5.77. The minimum Gasteiger partial charge on any atom is -0.465 e. The van der Waals surface area contributed by atoms with Crippen molar-refractivity contribution < 1.29 is 4.42 Å². The molecular weight excluding hydrogens is 302 g/mol. The number of likely N-dealkylation sites (tertiary alicyclic amines) is 1. The molecule has 5 heteroatoms. The molecule has 4 rings (SSSR count). The van der Waals surface area contributed by atoms with E-state index in [9.17, 15) is 4.79 Å². The molecular formula is C19H21N3O2. The Kier molecular flexibility index (Phi) is 3.73. The van der Waals surface area contributed by atoms with Crippen LogP contribution in [0.25, 0.3) is 10.9 Å². The van der Waals surface area contributed by atoms with E-state index in [2.05, 4.69) is 11.0 Å². The second kappa shape index (κ2) is 5.91. The van der Waals surface area contributed by atoms with Crippen LogP contribution in [0.5, 0.6) is 0 Å². The number of aryl methyl sites for hydroxylation is 1. The van der Waals surface area contributed by atoms with Gasteiger partial charge in [-0.25, -0.2) is 4.98 Å². The fourth-order valence-corrected chi connectivity index (χ4v) is 3.56. The smallest absolute Gasteiger partial charge is 0.261 e. The van der Waals surface area contributed by atoms with Crippen molar-refractivity contribution in [3.8, 4) is 0 Å². The molecule has 5 nitrogen and oxygen atoms in total. The second-order valence-corrected chi connectivity index (χ2v) is 6.49. The molecule has 0 spiro atoms. The first-order chi connectivity index (χ1) is 11.6. The van der Waals surface area contributed by atoms with Gasteiger partial charge in [-0.2, -0.15) is 0 Å². The predicted molar refractivity (Wildman–Crippen MR) is 92.8 cm³/mol. The summed E-state index contributed by atoms with van der Waals surface area (Å²) < 4.78 is 7.50. The van der Waals surface area contributed by atoms with Crippen LogP contribution in [0.15, 0.2) is 45.6 Å². The summed E-state index contributed by atoms with van der Waals surface area (Å²) in [5.41, 5.74) is 0.778. The first kappa shape index (κ1) is 15.1. The maximum Gasteiger partial charge on any atom is 0.261 e. The van der Waals surface area contributed by atoms with Crippen LogP contribution in [0.4, 0.5) is 0 Å². The minimum absolute atomic E-state index is 0.0141. The Balaban J connectivity index is 1.68. The van der Waals surface area contributed by atoms with Crippen molar-refractivity contribution in [3.05, 3.63) is 64.1 Å². The topological polar surface area (TPSA) is 51.3 Å². The van der Waals surface area contributed by atoms with Gasteiger partial charge in [0.2, 0.25) is 0 Å². The maximum atomic E-state index is 12.6. The third-order valence-corrected chi connectivity index (χ3v) is 4.87. The standard InChI is InChI=1S/C19H21N3O2/c1-13-9-10-17(24-13)16-8-5-11-22(16)12-18-20-15-7-4-3-6-14(15)19(23)21(18)2/h3-4,6-7,9-10,16H,5,8,11-12H2,1-2H3/t16-/m1/s1. The molecule has 1 atom stereocenters. The summed E-state index contributed by atoms with van der Waals surface area (Å²) in [6.45, 7) is 3.62. The summed E-state index contributed by atoms with van der Waals surface area (Å²) in [6.07, 6.45) is 2.21. The van der Waals surface area contributed by atoms with Crippen molar-refractivity contribution in [2.75, 3.05) is 6.54 Å². The third kappa shape index (κ3) is 2.55. The van der Waals surface area contributed by atoms with E-state index in [1.807, 2.05) is 37.3 Å². The van der Waals surface area contributed by atoms with E-state index in [1.165, 1.54) is 0 Å². The molecule has 1 saturated heterocycles. The van der Waals surface area contributed by atoms with Crippen LogP contribution in [-0.2, 0) is 13.6 Å². The van der Waals surface area contributed by atoms with E-state index in [4.69, 9.17) is 9.40 Å². The lowest BCUT2D eigenvalue weighted by Crippen LogP contribution is -2.29. The molecule has 1 aliphatic heterocycles. The van der Waals surface area contributed by atoms with Crippen LogP contribution in [0, 0.1) is 6.92 Å². The molecule has 0 unspecified atom stereocenters. The summed E-state index contributed by atoms with van der Waals surface area (Å²) in [5.74, 6) is 2.75. The van der Waals surface area contributed by atoms with Crippen LogP contribution >= 0.6 is 0 Å². The first-order valence-electron chi connectivity index (χ1n) is 8.38. The lowest BCUT2D eigenvalue weighted by molar-refractivity contribution is 0.211. The van der Waals surface area contributed by atoms with Crippen LogP contribution in [0.2, 0.25) is 0 Å². The number of furan rings is 1. The highest BCUT2D eigenvalue weighted by atomic mass is 16.3. The van der Waals surface area contributed by atoms with Crippen LogP contribution < -0.4 is 5.56 Å². The summed E-state index contributed by atoms with van der Waals surface area (Å²) in [4.78, 5) is 19.6. The van der Waals surface area contributed by atoms with Crippen molar-refractivity contribution in [1.82, 2.24) is 14.5 Å². The van der Waals surface area contributed by atoms with Gasteiger partial charge >= 0.3 is 0 Å². The monoisotopic (exact) mass is 323 g/mol. The van der Waals surface area contributed by atoms with E-state index in [0.717, 1.165) is 42.2 Å². The molecule has 2 aromatic heterocycles. The molecule has 0 radical (unpaired) electrons. The van der Waals surface area contributed by atoms with Gasteiger partial charge in [0.15, 0.2) is 0 Å².